The molecule has 0 atom stereocenters. The van der Waals surface area contributed by atoms with E-state index in [0.29, 0.717) is 17.8 Å². The van der Waals surface area contributed by atoms with Gasteiger partial charge >= 0.3 is 0 Å². The Bertz CT molecular complexity index is 641. The fraction of sp³-hybridized carbons (Fsp3) is 0.188. The highest BCUT2D eigenvalue weighted by Gasteiger charge is 2.11. The van der Waals surface area contributed by atoms with Gasteiger partial charge in [0.1, 0.15) is 5.75 Å². The number of aryl methyl sites for hydroxylation is 1. The highest BCUT2D eigenvalue weighted by atomic mass is 16.5. The smallest absolute Gasteiger partial charge is 0.253 e. The molecule has 0 bridgehead atoms. The van der Waals surface area contributed by atoms with E-state index in [1.165, 1.54) is 0 Å². The Labute approximate surface area is 124 Å². The minimum atomic E-state index is -0.172. The van der Waals surface area contributed by atoms with Crippen molar-refractivity contribution in [1.29, 1.82) is 0 Å². The Morgan fingerprint density at radius 1 is 1.24 bits per heavy atom. The molecule has 0 fully saturated rings. The molecule has 5 nitrogen and oxygen atoms in total. The van der Waals surface area contributed by atoms with E-state index in [1.807, 2.05) is 37.3 Å². The van der Waals surface area contributed by atoms with Crippen LogP contribution in [0.5, 0.6) is 5.75 Å². The minimum absolute atomic E-state index is 0.172. The van der Waals surface area contributed by atoms with E-state index in [2.05, 4.69) is 10.7 Å². The molecule has 2 rings (SSSR count). The summed E-state index contributed by atoms with van der Waals surface area (Å²) < 4.78 is 5.16. The third kappa shape index (κ3) is 3.73. The van der Waals surface area contributed by atoms with Crippen molar-refractivity contribution in [3.63, 3.8) is 0 Å². The van der Waals surface area contributed by atoms with Crippen molar-refractivity contribution in [2.45, 2.75) is 13.5 Å². The molecular weight excluding hydrogens is 266 g/mol. The normalized spacial score (nSPS) is 10.0. The van der Waals surface area contributed by atoms with E-state index in [1.54, 1.807) is 19.2 Å². The second-order valence-corrected chi connectivity index (χ2v) is 4.73. The van der Waals surface area contributed by atoms with Gasteiger partial charge in [0.2, 0.25) is 0 Å². The lowest BCUT2D eigenvalue weighted by atomic mass is 10.1. The van der Waals surface area contributed by atoms with Crippen LogP contribution in [0.3, 0.4) is 0 Å². The van der Waals surface area contributed by atoms with E-state index in [-0.39, 0.29) is 5.91 Å². The second-order valence-electron chi connectivity index (χ2n) is 4.73. The van der Waals surface area contributed by atoms with Gasteiger partial charge in [-0.05, 0) is 36.8 Å². The molecule has 0 spiro atoms. The Balaban J connectivity index is 2.09. The van der Waals surface area contributed by atoms with E-state index < -0.39 is 0 Å². The largest absolute Gasteiger partial charge is 0.497 e. The predicted molar refractivity (Wildman–Crippen MR) is 83.2 cm³/mol. The van der Waals surface area contributed by atoms with Crippen LogP contribution < -0.4 is 21.3 Å². The molecular formula is C16H19N3O2. The highest BCUT2D eigenvalue weighted by Crippen LogP contribution is 2.17. The van der Waals surface area contributed by atoms with Gasteiger partial charge in [-0.1, -0.05) is 23.8 Å². The third-order valence-corrected chi connectivity index (χ3v) is 3.16. The van der Waals surface area contributed by atoms with Gasteiger partial charge in [-0.2, -0.15) is 0 Å². The lowest BCUT2D eigenvalue weighted by Gasteiger charge is -2.11. The topological polar surface area (TPSA) is 76.4 Å². The van der Waals surface area contributed by atoms with E-state index in [4.69, 9.17) is 10.6 Å². The van der Waals surface area contributed by atoms with Crippen molar-refractivity contribution < 1.29 is 9.53 Å². The predicted octanol–water partition coefficient (Wildman–Crippen LogP) is 2.22. The van der Waals surface area contributed by atoms with Crippen LogP contribution in [0, 0.1) is 6.92 Å². The number of carbonyl (C=O) groups is 1. The number of amides is 1. The van der Waals surface area contributed by atoms with Crippen molar-refractivity contribution in [2.24, 2.45) is 5.84 Å². The van der Waals surface area contributed by atoms with Crippen molar-refractivity contribution in [1.82, 2.24) is 5.32 Å². The molecule has 0 heterocycles. The molecule has 0 unspecified atom stereocenters. The summed E-state index contributed by atoms with van der Waals surface area (Å²) in [6.45, 7) is 2.35. The van der Waals surface area contributed by atoms with Crippen LogP contribution in [0.1, 0.15) is 21.5 Å². The molecule has 0 aromatic heterocycles. The van der Waals surface area contributed by atoms with Crippen LogP contribution in [-0.2, 0) is 6.54 Å². The first kappa shape index (κ1) is 14.9. The number of rotatable bonds is 5. The average Bonchev–Trinajstić information content (AvgIpc) is 2.52. The molecule has 2 aromatic carbocycles. The molecule has 5 heteroatoms. The number of ether oxygens (including phenoxy) is 1. The van der Waals surface area contributed by atoms with Gasteiger partial charge in [0.25, 0.3) is 5.91 Å². The van der Waals surface area contributed by atoms with Crippen molar-refractivity contribution in [3.05, 3.63) is 59.2 Å². The number of hydrazine groups is 1. The van der Waals surface area contributed by atoms with Gasteiger partial charge in [0, 0.05) is 6.54 Å². The van der Waals surface area contributed by atoms with Crippen LogP contribution in [0.2, 0.25) is 0 Å². The zero-order valence-corrected chi connectivity index (χ0v) is 12.1. The van der Waals surface area contributed by atoms with Gasteiger partial charge in [-0.25, -0.2) is 0 Å². The highest BCUT2D eigenvalue weighted by molar-refractivity contribution is 5.99. The summed E-state index contributed by atoms with van der Waals surface area (Å²) in [5.41, 5.74) is 5.64. The van der Waals surface area contributed by atoms with Crippen molar-refractivity contribution >= 4 is 11.6 Å². The maximum atomic E-state index is 12.3. The SMILES string of the molecule is COc1cccc(CNC(=O)c2cc(C)ccc2NN)c1. The number of hydrogen-bond donors (Lipinski definition) is 3. The van der Waals surface area contributed by atoms with Gasteiger partial charge < -0.3 is 15.5 Å². The van der Waals surface area contributed by atoms with Crippen LogP contribution >= 0.6 is 0 Å². The minimum Gasteiger partial charge on any atom is -0.497 e. The van der Waals surface area contributed by atoms with E-state index >= 15 is 0 Å². The number of carbonyl (C=O) groups excluding carboxylic acids is 1. The molecule has 0 saturated carbocycles. The molecule has 0 aliphatic rings. The van der Waals surface area contributed by atoms with Gasteiger partial charge in [0.15, 0.2) is 0 Å². The number of nitrogens with two attached hydrogens (primary N) is 1. The number of nitrogens with one attached hydrogen (secondary N) is 2. The summed E-state index contributed by atoms with van der Waals surface area (Å²) in [7, 11) is 1.61. The number of benzene rings is 2. The molecule has 0 radical (unpaired) electrons. The lowest BCUT2D eigenvalue weighted by Crippen LogP contribution is -2.25. The Kier molecular flexibility index (Phi) is 4.79. The summed E-state index contributed by atoms with van der Waals surface area (Å²) in [6, 6.07) is 13.1. The summed E-state index contributed by atoms with van der Waals surface area (Å²) in [4.78, 5) is 12.3. The van der Waals surface area contributed by atoms with E-state index in [0.717, 1.165) is 16.9 Å². The lowest BCUT2D eigenvalue weighted by molar-refractivity contribution is 0.0951. The maximum Gasteiger partial charge on any atom is 0.253 e. The second kappa shape index (κ2) is 6.76. The zero-order chi connectivity index (χ0) is 15.2. The summed E-state index contributed by atoms with van der Waals surface area (Å²) in [5.74, 6) is 6.03. The summed E-state index contributed by atoms with van der Waals surface area (Å²) in [5, 5.41) is 2.88. The van der Waals surface area contributed by atoms with Gasteiger partial charge in [0.05, 0.1) is 18.4 Å². The zero-order valence-electron chi connectivity index (χ0n) is 12.1. The number of hydrogen-bond acceptors (Lipinski definition) is 4. The first-order valence-corrected chi connectivity index (χ1v) is 6.62. The van der Waals surface area contributed by atoms with E-state index in [9.17, 15) is 4.79 Å². The summed E-state index contributed by atoms with van der Waals surface area (Å²) >= 11 is 0. The molecule has 2 aromatic rings. The van der Waals surface area contributed by atoms with Crippen molar-refractivity contribution in [3.8, 4) is 5.75 Å². The molecule has 0 aliphatic heterocycles. The Hall–Kier alpha value is -2.53. The molecule has 21 heavy (non-hydrogen) atoms. The molecule has 1 amide bonds. The van der Waals surface area contributed by atoms with Gasteiger partial charge in [-0.3, -0.25) is 10.6 Å². The fourth-order valence-corrected chi connectivity index (χ4v) is 2.03. The van der Waals surface area contributed by atoms with Crippen LogP contribution in [0.25, 0.3) is 0 Å². The number of methoxy groups -OCH3 is 1. The number of nitrogen functional groups attached to an aromatic ring is 1. The molecule has 4 N–H and O–H groups in total. The third-order valence-electron chi connectivity index (χ3n) is 3.16. The van der Waals surface area contributed by atoms with Crippen LogP contribution in [0.4, 0.5) is 5.69 Å². The quantitative estimate of drug-likeness (QED) is 0.581. The first-order chi connectivity index (χ1) is 10.1. The standard InChI is InChI=1S/C16H19N3O2/c1-11-6-7-15(19-17)14(8-11)16(20)18-10-12-4-3-5-13(9-12)21-2/h3-9,19H,10,17H2,1-2H3,(H,18,20). The molecule has 0 saturated heterocycles. The van der Waals surface area contributed by atoms with Gasteiger partial charge in [-0.15, -0.1) is 0 Å². The Morgan fingerprint density at radius 2 is 2.05 bits per heavy atom. The van der Waals surface area contributed by atoms with Crippen LogP contribution in [0.15, 0.2) is 42.5 Å². The summed E-state index contributed by atoms with van der Waals surface area (Å²) in [6.07, 6.45) is 0. The first-order valence-electron chi connectivity index (χ1n) is 6.62. The maximum absolute atomic E-state index is 12.3. The Morgan fingerprint density at radius 3 is 2.76 bits per heavy atom. The monoisotopic (exact) mass is 285 g/mol. The average molecular weight is 285 g/mol. The fourth-order valence-electron chi connectivity index (χ4n) is 2.03. The number of anilines is 1. The van der Waals surface area contributed by atoms with Crippen molar-refractivity contribution in [2.75, 3.05) is 12.5 Å². The van der Waals surface area contributed by atoms with Crippen LogP contribution in [-0.4, -0.2) is 13.0 Å². The molecule has 0 aliphatic carbocycles. The molecule has 110 valence electrons.